The molecule has 7 heteroatoms. The van der Waals surface area contributed by atoms with Crippen LogP contribution in [-0.2, 0) is 11.3 Å². The number of hydrogen-bond acceptors (Lipinski definition) is 5. The standard InChI is InChI=1S/C31H36ClN3O3/c1-4-34(5-2)20-7-21-37-27-14-8-24(9-15-27)30-22-35(31(33-30)23-36-6-3)26-12-18-29(19-13-26)38-28-16-10-25(32)11-17-28/h8-19,22H,4-7,20-21,23H2,1-3H3. The van der Waals surface area contributed by atoms with Crippen LogP contribution in [-0.4, -0.2) is 47.3 Å². The Morgan fingerprint density at radius 1 is 0.816 bits per heavy atom. The quantitative estimate of drug-likeness (QED) is 0.156. The minimum atomic E-state index is 0.424. The van der Waals surface area contributed by atoms with Gasteiger partial charge in [0.2, 0.25) is 0 Å². The first kappa shape index (κ1) is 27.7. The van der Waals surface area contributed by atoms with Crippen molar-refractivity contribution in [2.24, 2.45) is 0 Å². The van der Waals surface area contributed by atoms with Gasteiger partial charge in [-0.1, -0.05) is 25.4 Å². The van der Waals surface area contributed by atoms with Crippen molar-refractivity contribution in [2.45, 2.75) is 33.8 Å². The average molecular weight is 534 g/mol. The molecule has 1 aromatic heterocycles. The fourth-order valence-corrected chi connectivity index (χ4v) is 4.26. The molecule has 200 valence electrons. The Kier molecular flexibility index (Phi) is 10.2. The van der Waals surface area contributed by atoms with Crippen LogP contribution in [0.5, 0.6) is 17.2 Å². The average Bonchev–Trinajstić information content (AvgIpc) is 3.38. The highest BCUT2D eigenvalue weighted by Gasteiger charge is 2.12. The summed E-state index contributed by atoms with van der Waals surface area (Å²) in [6.45, 7) is 11.3. The highest BCUT2D eigenvalue weighted by Crippen LogP contribution is 2.27. The molecule has 4 rings (SSSR count). The molecule has 0 aliphatic heterocycles. The van der Waals surface area contributed by atoms with E-state index in [9.17, 15) is 0 Å². The lowest BCUT2D eigenvalue weighted by Gasteiger charge is -2.17. The Bertz CT molecular complexity index is 1250. The summed E-state index contributed by atoms with van der Waals surface area (Å²) >= 11 is 5.97. The Hall–Kier alpha value is -3.32. The largest absolute Gasteiger partial charge is 0.494 e. The Morgan fingerprint density at radius 2 is 1.45 bits per heavy atom. The van der Waals surface area contributed by atoms with Crippen LogP contribution in [0.1, 0.15) is 33.0 Å². The van der Waals surface area contributed by atoms with E-state index in [2.05, 4.69) is 35.4 Å². The van der Waals surface area contributed by atoms with Gasteiger partial charge in [0.05, 0.1) is 12.3 Å². The van der Waals surface area contributed by atoms with Crippen molar-refractivity contribution in [3.05, 3.63) is 89.8 Å². The van der Waals surface area contributed by atoms with Crippen molar-refractivity contribution < 1.29 is 14.2 Å². The maximum absolute atomic E-state index is 5.97. The molecule has 0 aliphatic carbocycles. The van der Waals surface area contributed by atoms with Crippen molar-refractivity contribution in [1.29, 1.82) is 0 Å². The normalized spacial score (nSPS) is 11.2. The number of benzene rings is 3. The van der Waals surface area contributed by atoms with Crippen LogP contribution in [0.2, 0.25) is 5.02 Å². The van der Waals surface area contributed by atoms with Crippen LogP contribution in [0, 0.1) is 0 Å². The van der Waals surface area contributed by atoms with Crippen LogP contribution < -0.4 is 9.47 Å². The third-order valence-corrected chi connectivity index (χ3v) is 6.56. The first-order valence-corrected chi connectivity index (χ1v) is 13.6. The van der Waals surface area contributed by atoms with Gasteiger partial charge in [0.1, 0.15) is 29.7 Å². The van der Waals surface area contributed by atoms with Gasteiger partial charge in [0.25, 0.3) is 0 Å². The topological polar surface area (TPSA) is 48.8 Å². The molecule has 0 spiro atoms. The van der Waals surface area contributed by atoms with E-state index >= 15 is 0 Å². The SMILES string of the molecule is CCOCc1nc(-c2ccc(OCCCN(CC)CC)cc2)cn1-c1ccc(Oc2ccc(Cl)cc2)cc1. The van der Waals surface area contributed by atoms with E-state index in [4.69, 9.17) is 30.8 Å². The number of hydrogen-bond donors (Lipinski definition) is 0. The molecule has 0 N–H and O–H groups in total. The van der Waals surface area contributed by atoms with Crippen molar-refractivity contribution in [3.63, 3.8) is 0 Å². The molecule has 38 heavy (non-hydrogen) atoms. The molecule has 0 saturated carbocycles. The molecular formula is C31H36ClN3O3. The summed E-state index contributed by atoms with van der Waals surface area (Å²) < 4.78 is 19.7. The zero-order valence-electron chi connectivity index (χ0n) is 22.4. The third kappa shape index (κ3) is 7.60. The zero-order chi connectivity index (χ0) is 26.7. The molecule has 0 aliphatic rings. The second-order valence-corrected chi connectivity index (χ2v) is 9.29. The molecule has 6 nitrogen and oxygen atoms in total. The second kappa shape index (κ2) is 14.0. The minimum Gasteiger partial charge on any atom is -0.494 e. The lowest BCUT2D eigenvalue weighted by atomic mass is 10.1. The number of nitrogens with zero attached hydrogens (tertiary/aromatic N) is 3. The Labute approximate surface area is 230 Å². The van der Waals surface area contributed by atoms with Gasteiger partial charge in [-0.05, 0) is 99.2 Å². The second-order valence-electron chi connectivity index (χ2n) is 8.85. The van der Waals surface area contributed by atoms with Crippen molar-refractivity contribution in [3.8, 4) is 34.2 Å². The van der Waals surface area contributed by atoms with E-state index in [1.54, 1.807) is 0 Å². The summed E-state index contributed by atoms with van der Waals surface area (Å²) in [5.41, 5.74) is 2.89. The molecule has 0 bridgehead atoms. The smallest absolute Gasteiger partial charge is 0.140 e. The summed E-state index contributed by atoms with van der Waals surface area (Å²) in [6, 6.07) is 23.4. The van der Waals surface area contributed by atoms with Gasteiger partial charge in [-0.25, -0.2) is 4.98 Å². The summed E-state index contributed by atoms with van der Waals surface area (Å²) in [5, 5.41) is 0.679. The number of ether oxygens (including phenoxy) is 3. The van der Waals surface area contributed by atoms with Crippen LogP contribution in [0.25, 0.3) is 16.9 Å². The lowest BCUT2D eigenvalue weighted by Crippen LogP contribution is -2.25. The van der Waals surface area contributed by atoms with Crippen molar-refractivity contribution >= 4 is 11.6 Å². The monoisotopic (exact) mass is 533 g/mol. The minimum absolute atomic E-state index is 0.424. The van der Waals surface area contributed by atoms with Crippen LogP contribution in [0.15, 0.2) is 79.0 Å². The van der Waals surface area contributed by atoms with E-state index in [1.165, 1.54) is 0 Å². The number of halogens is 1. The molecule has 0 radical (unpaired) electrons. The van der Waals surface area contributed by atoms with Gasteiger partial charge in [0.15, 0.2) is 0 Å². The van der Waals surface area contributed by atoms with Gasteiger partial charge in [-0.3, -0.25) is 0 Å². The first-order valence-electron chi connectivity index (χ1n) is 13.2. The van der Waals surface area contributed by atoms with Crippen molar-refractivity contribution in [1.82, 2.24) is 14.5 Å². The molecule has 0 amide bonds. The molecule has 0 atom stereocenters. The molecule has 0 saturated heterocycles. The summed E-state index contributed by atoms with van der Waals surface area (Å²) in [5.74, 6) is 3.19. The first-order chi connectivity index (χ1) is 18.6. The van der Waals surface area contributed by atoms with E-state index in [1.807, 2.05) is 73.8 Å². The Morgan fingerprint density at radius 3 is 2.08 bits per heavy atom. The molecule has 4 aromatic rings. The van der Waals surface area contributed by atoms with Gasteiger partial charge in [-0.2, -0.15) is 0 Å². The fourth-order valence-electron chi connectivity index (χ4n) is 4.13. The predicted octanol–water partition coefficient (Wildman–Crippen LogP) is 7.63. The van der Waals surface area contributed by atoms with Gasteiger partial charge >= 0.3 is 0 Å². The zero-order valence-corrected chi connectivity index (χ0v) is 23.2. The maximum atomic E-state index is 5.97. The number of imidazole rings is 1. The van der Waals surface area contributed by atoms with Crippen LogP contribution >= 0.6 is 11.6 Å². The van der Waals surface area contributed by atoms with Crippen LogP contribution in [0.3, 0.4) is 0 Å². The van der Waals surface area contributed by atoms with Crippen LogP contribution in [0.4, 0.5) is 0 Å². The highest BCUT2D eigenvalue weighted by atomic mass is 35.5. The molecule has 0 fully saturated rings. The lowest BCUT2D eigenvalue weighted by molar-refractivity contribution is 0.127. The summed E-state index contributed by atoms with van der Waals surface area (Å²) in [7, 11) is 0. The maximum Gasteiger partial charge on any atom is 0.140 e. The Balaban J connectivity index is 1.45. The predicted molar refractivity (Wildman–Crippen MR) is 154 cm³/mol. The molecule has 0 unspecified atom stereocenters. The van der Waals surface area contributed by atoms with Gasteiger partial charge in [-0.15, -0.1) is 0 Å². The van der Waals surface area contributed by atoms with Gasteiger partial charge in [0, 0.05) is 35.6 Å². The molecule has 3 aromatic carbocycles. The highest BCUT2D eigenvalue weighted by molar-refractivity contribution is 6.30. The summed E-state index contributed by atoms with van der Waals surface area (Å²) in [6.07, 6.45) is 3.06. The summed E-state index contributed by atoms with van der Waals surface area (Å²) in [4.78, 5) is 7.29. The third-order valence-electron chi connectivity index (χ3n) is 6.31. The number of aromatic nitrogens is 2. The number of rotatable bonds is 14. The van der Waals surface area contributed by atoms with E-state index in [0.29, 0.717) is 24.8 Å². The van der Waals surface area contributed by atoms with Gasteiger partial charge < -0.3 is 23.7 Å². The molecule has 1 heterocycles. The van der Waals surface area contributed by atoms with E-state index in [0.717, 1.165) is 66.1 Å². The van der Waals surface area contributed by atoms with E-state index < -0.39 is 0 Å². The van der Waals surface area contributed by atoms with E-state index in [-0.39, 0.29) is 0 Å². The fraction of sp³-hybridized carbons (Fsp3) is 0.323. The van der Waals surface area contributed by atoms with Crippen molar-refractivity contribution in [2.75, 3.05) is 32.8 Å². The molecular weight excluding hydrogens is 498 g/mol.